The highest BCUT2D eigenvalue weighted by Gasteiger charge is 2.38. The van der Waals surface area contributed by atoms with Gasteiger partial charge in [0.15, 0.2) is 6.10 Å². The molecule has 4 rings (SSSR count). The molecule has 1 saturated heterocycles. The molecular weight excluding hydrogens is 667 g/mol. The number of aliphatic hydroxyl groups is 1. The summed E-state index contributed by atoms with van der Waals surface area (Å²) in [5.74, 6) is -1.33. The Balaban J connectivity index is 1.35. The molecule has 5 atom stereocenters. The highest BCUT2D eigenvalue weighted by Crippen LogP contribution is 2.44. The molecule has 2 aromatic rings. The lowest BCUT2D eigenvalue weighted by Gasteiger charge is -2.34. The first kappa shape index (κ1) is 38.5. The van der Waals surface area contributed by atoms with Gasteiger partial charge in [0.2, 0.25) is 5.91 Å². The van der Waals surface area contributed by atoms with E-state index < -0.39 is 54.3 Å². The van der Waals surface area contributed by atoms with E-state index in [0.717, 1.165) is 22.3 Å². The van der Waals surface area contributed by atoms with Crippen LogP contribution in [0.5, 0.6) is 0 Å². The van der Waals surface area contributed by atoms with Crippen LogP contribution in [-0.4, -0.2) is 90.1 Å². The minimum atomic E-state index is -1.22. The lowest BCUT2D eigenvalue weighted by Crippen LogP contribution is -2.55. The van der Waals surface area contributed by atoms with E-state index >= 15 is 0 Å². The van der Waals surface area contributed by atoms with Crippen molar-refractivity contribution in [1.29, 1.82) is 0 Å². The fraction of sp³-hybridized carbons (Fsp3) is 0.556. The number of benzene rings is 2. The zero-order chi connectivity index (χ0) is 35.7. The average Bonchev–Trinajstić information content (AvgIpc) is 3.38. The van der Waals surface area contributed by atoms with E-state index in [1.807, 2.05) is 50.2 Å². The fourth-order valence-corrected chi connectivity index (χ4v) is 8.39. The molecule has 11 nitrogen and oxygen atoms in total. The Hall–Kier alpha value is -3.26. The van der Waals surface area contributed by atoms with Gasteiger partial charge in [0, 0.05) is 23.0 Å². The number of esters is 1. The van der Waals surface area contributed by atoms with Gasteiger partial charge in [-0.25, -0.2) is 9.59 Å². The van der Waals surface area contributed by atoms with Gasteiger partial charge in [-0.3, -0.25) is 9.59 Å². The lowest BCUT2D eigenvalue weighted by atomic mass is 9.98. The van der Waals surface area contributed by atoms with Crippen molar-refractivity contribution in [2.45, 2.75) is 94.9 Å². The number of hydrogen-bond donors (Lipinski definition) is 4. The van der Waals surface area contributed by atoms with E-state index in [1.165, 1.54) is 17.9 Å². The molecule has 1 fully saturated rings. The van der Waals surface area contributed by atoms with Gasteiger partial charge >= 0.3 is 12.1 Å². The fourth-order valence-electron chi connectivity index (χ4n) is 5.92. The van der Waals surface area contributed by atoms with E-state index in [1.54, 1.807) is 10.8 Å². The molecule has 2 aromatic carbocycles. The van der Waals surface area contributed by atoms with Gasteiger partial charge in [-0.1, -0.05) is 105 Å². The molecule has 2 aliphatic rings. The molecule has 1 aliphatic carbocycles. The minimum Gasteiger partial charge on any atom is -0.467 e. The van der Waals surface area contributed by atoms with Crippen LogP contribution in [0.25, 0.3) is 11.1 Å². The Bertz CT molecular complexity index is 1420. The molecule has 1 heterocycles. The maximum atomic E-state index is 13.5. The van der Waals surface area contributed by atoms with Gasteiger partial charge in [-0.2, -0.15) is 0 Å². The van der Waals surface area contributed by atoms with Crippen molar-refractivity contribution >= 4 is 45.5 Å². The second kappa shape index (κ2) is 17.6. The third kappa shape index (κ3) is 10.9. The van der Waals surface area contributed by atoms with Gasteiger partial charge < -0.3 is 35.3 Å². The normalized spacial score (nSPS) is 20.0. The summed E-state index contributed by atoms with van der Waals surface area (Å²) in [6.07, 6.45) is -2.52. The van der Waals surface area contributed by atoms with Crippen molar-refractivity contribution in [3.8, 4) is 11.1 Å². The standard InChI is InChI=1S/C36H49N3O8S2/c1-21(2)17-28(34(43)45-6)38-33(42)31-30(40)16-15-22(47-31)18-37-32(41)29(20-48-49-36(3,4)5)39-35(44)46-19-27-25-13-9-7-11-23(25)24-12-8-10-14-26(24)27/h7-14,21-22,27-31,40H,15-20H2,1-6H3,(H,37,41)(H,38,42)(H,39,44)/t22-,28-,29+,30-,31-/m0/s1. The zero-order valence-electron chi connectivity index (χ0n) is 29.0. The molecule has 0 saturated carbocycles. The van der Waals surface area contributed by atoms with Gasteiger partial charge in [0.1, 0.15) is 18.7 Å². The third-order valence-corrected chi connectivity index (χ3v) is 11.6. The monoisotopic (exact) mass is 715 g/mol. The van der Waals surface area contributed by atoms with Crippen molar-refractivity contribution < 1.29 is 38.5 Å². The number of amides is 3. The smallest absolute Gasteiger partial charge is 0.407 e. The van der Waals surface area contributed by atoms with Crippen LogP contribution in [-0.2, 0) is 28.6 Å². The van der Waals surface area contributed by atoms with Gasteiger partial charge in [-0.15, -0.1) is 0 Å². The van der Waals surface area contributed by atoms with E-state index in [-0.39, 0.29) is 41.9 Å². The Morgan fingerprint density at radius 2 is 1.59 bits per heavy atom. The maximum Gasteiger partial charge on any atom is 0.407 e. The number of alkyl carbamates (subject to hydrolysis) is 1. The number of hydrogen-bond acceptors (Lipinski definition) is 10. The Labute approximate surface area is 296 Å². The van der Waals surface area contributed by atoms with Crippen LogP contribution in [0.3, 0.4) is 0 Å². The lowest BCUT2D eigenvalue weighted by molar-refractivity contribution is -0.161. The van der Waals surface area contributed by atoms with Crippen LogP contribution in [0.4, 0.5) is 4.79 Å². The summed E-state index contributed by atoms with van der Waals surface area (Å²) in [5, 5.41) is 18.8. The van der Waals surface area contributed by atoms with Crippen LogP contribution in [0.15, 0.2) is 48.5 Å². The zero-order valence-corrected chi connectivity index (χ0v) is 30.7. The topological polar surface area (TPSA) is 152 Å². The number of carbonyl (C=O) groups excluding carboxylic acids is 4. The highest BCUT2D eigenvalue weighted by atomic mass is 33.1. The van der Waals surface area contributed by atoms with E-state index in [2.05, 4.69) is 48.9 Å². The first-order valence-corrected chi connectivity index (χ1v) is 19.0. The summed E-state index contributed by atoms with van der Waals surface area (Å²) in [7, 11) is 4.33. The molecule has 0 unspecified atom stereocenters. The number of methoxy groups -OCH3 is 1. The van der Waals surface area contributed by atoms with Gasteiger partial charge in [0.25, 0.3) is 5.91 Å². The van der Waals surface area contributed by atoms with Crippen LogP contribution >= 0.6 is 21.6 Å². The van der Waals surface area contributed by atoms with Crippen molar-refractivity contribution in [2.24, 2.45) is 5.92 Å². The molecular formula is C36H49N3O8S2. The van der Waals surface area contributed by atoms with Crippen LogP contribution in [0.1, 0.15) is 70.9 Å². The Morgan fingerprint density at radius 3 is 2.18 bits per heavy atom. The van der Waals surface area contributed by atoms with Crippen LogP contribution in [0.2, 0.25) is 0 Å². The van der Waals surface area contributed by atoms with E-state index in [4.69, 9.17) is 14.2 Å². The van der Waals surface area contributed by atoms with Crippen molar-refractivity contribution in [3.63, 3.8) is 0 Å². The number of aliphatic hydroxyl groups excluding tert-OH is 1. The second-order valence-corrected chi connectivity index (χ2v) is 17.0. The van der Waals surface area contributed by atoms with Gasteiger partial charge in [0.05, 0.1) is 19.3 Å². The van der Waals surface area contributed by atoms with Crippen molar-refractivity contribution in [2.75, 3.05) is 26.0 Å². The summed E-state index contributed by atoms with van der Waals surface area (Å²) in [4.78, 5) is 51.9. The Morgan fingerprint density at radius 1 is 0.959 bits per heavy atom. The minimum absolute atomic E-state index is 0.0572. The number of carbonyl (C=O) groups is 4. The number of ether oxygens (including phenoxy) is 3. The summed E-state index contributed by atoms with van der Waals surface area (Å²) < 4.78 is 16.4. The van der Waals surface area contributed by atoms with E-state index in [0.29, 0.717) is 12.8 Å². The Kier molecular flexibility index (Phi) is 13.8. The molecule has 0 radical (unpaired) electrons. The summed E-state index contributed by atoms with van der Waals surface area (Å²) in [5.41, 5.74) is 4.42. The number of fused-ring (bicyclic) bond motifs is 3. The molecule has 13 heteroatoms. The van der Waals surface area contributed by atoms with Crippen LogP contribution in [0, 0.1) is 5.92 Å². The molecule has 49 heavy (non-hydrogen) atoms. The first-order chi connectivity index (χ1) is 23.3. The predicted octanol–water partition coefficient (Wildman–Crippen LogP) is 4.80. The number of nitrogens with one attached hydrogen (secondary N) is 3. The first-order valence-electron chi connectivity index (χ1n) is 16.7. The summed E-state index contributed by atoms with van der Waals surface area (Å²) in [6.45, 7) is 10.2. The molecule has 0 spiro atoms. The average molecular weight is 716 g/mol. The molecule has 1 aliphatic heterocycles. The molecule has 3 amide bonds. The molecule has 0 aromatic heterocycles. The highest BCUT2D eigenvalue weighted by molar-refractivity contribution is 8.77. The van der Waals surface area contributed by atoms with Crippen molar-refractivity contribution in [3.05, 3.63) is 59.7 Å². The van der Waals surface area contributed by atoms with E-state index in [9.17, 15) is 24.3 Å². The van der Waals surface area contributed by atoms with Crippen molar-refractivity contribution in [1.82, 2.24) is 16.0 Å². The molecule has 0 bridgehead atoms. The van der Waals surface area contributed by atoms with Gasteiger partial charge in [-0.05, 0) is 47.4 Å². The molecule has 4 N–H and O–H groups in total. The third-order valence-electron chi connectivity index (χ3n) is 8.24. The second-order valence-electron chi connectivity index (χ2n) is 13.8. The maximum absolute atomic E-state index is 13.5. The number of rotatable bonds is 14. The summed E-state index contributed by atoms with van der Waals surface area (Å²) in [6, 6.07) is 14.4. The summed E-state index contributed by atoms with van der Waals surface area (Å²) >= 11 is 0. The van der Waals surface area contributed by atoms with Crippen LogP contribution < -0.4 is 16.0 Å². The largest absolute Gasteiger partial charge is 0.467 e. The predicted molar refractivity (Wildman–Crippen MR) is 192 cm³/mol. The quantitative estimate of drug-likeness (QED) is 0.159. The SMILES string of the molecule is COC(=O)[C@H](CC(C)C)NC(=O)[C@H]1O[C@H](CNC(=O)[C@@H](CSSC(C)(C)C)NC(=O)OCC2c3ccccc3-c3ccccc32)CC[C@@H]1O. The molecule has 268 valence electrons.